The van der Waals surface area contributed by atoms with Crippen LogP contribution in [0.25, 0.3) is 11.0 Å². The number of aliphatic hydroxyl groups excluding tert-OH is 1. The minimum Gasteiger partial charge on any atom is -0.503 e. The minimum atomic E-state index is -0.861. The van der Waals surface area contributed by atoms with Gasteiger partial charge in [-0.05, 0) is 80.1 Å². The second-order valence-corrected chi connectivity index (χ2v) is 9.84. The highest BCUT2D eigenvalue weighted by atomic mass is 79.9. The van der Waals surface area contributed by atoms with E-state index < -0.39 is 23.5 Å². The molecule has 0 saturated carbocycles. The summed E-state index contributed by atoms with van der Waals surface area (Å²) in [5.41, 5.74) is 2.73. The van der Waals surface area contributed by atoms with Gasteiger partial charge in [0.15, 0.2) is 11.5 Å². The van der Waals surface area contributed by atoms with Gasteiger partial charge >= 0.3 is 0 Å². The average molecular weight is 575 g/mol. The van der Waals surface area contributed by atoms with E-state index in [1.54, 1.807) is 43.5 Å². The number of amides is 1. The summed E-state index contributed by atoms with van der Waals surface area (Å²) in [6.45, 7) is 5.86. The van der Waals surface area contributed by atoms with Crippen molar-refractivity contribution in [1.29, 1.82) is 0 Å². The number of hydrogen-bond donors (Lipinski definition) is 1. The second kappa shape index (κ2) is 10.4. The number of methoxy groups -OCH3 is 1. The number of nitrogens with zero attached hydrogens (tertiary/aromatic N) is 2. The van der Waals surface area contributed by atoms with Crippen LogP contribution in [-0.4, -0.2) is 37.0 Å². The highest BCUT2D eigenvalue weighted by molar-refractivity contribution is 9.10. The van der Waals surface area contributed by atoms with E-state index in [0.717, 1.165) is 28.6 Å². The zero-order valence-corrected chi connectivity index (χ0v) is 22.9. The number of aliphatic hydroxyl groups is 1. The SMILES string of the molecule is CCN(CC)c1ccc(N2C(=O)C(O)=C(C(=O)c3cc4cc(Br)ccc4o3)C2c2ccc(OC)cc2)cc1. The van der Waals surface area contributed by atoms with Gasteiger partial charge < -0.3 is 19.2 Å². The van der Waals surface area contributed by atoms with Crippen molar-refractivity contribution in [1.82, 2.24) is 0 Å². The molecule has 0 fully saturated rings. The lowest BCUT2D eigenvalue weighted by molar-refractivity contribution is -0.117. The number of hydrogen-bond acceptors (Lipinski definition) is 6. The maximum Gasteiger partial charge on any atom is 0.294 e. The lowest BCUT2D eigenvalue weighted by atomic mass is 9.94. The van der Waals surface area contributed by atoms with Crippen molar-refractivity contribution in [3.63, 3.8) is 0 Å². The third-order valence-electron chi connectivity index (χ3n) is 6.84. The Balaban J connectivity index is 1.60. The first kappa shape index (κ1) is 25.6. The van der Waals surface area contributed by atoms with Crippen molar-refractivity contribution < 1.29 is 23.8 Å². The highest BCUT2D eigenvalue weighted by Gasteiger charge is 2.45. The summed E-state index contributed by atoms with van der Waals surface area (Å²) in [6, 6.07) is 20.8. The monoisotopic (exact) mass is 574 g/mol. The zero-order chi connectivity index (χ0) is 27.0. The molecule has 2 heterocycles. The molecule has 0 saturated heterocycles. The number of fused-ring (bicyclic) bond motifs is 1. The Labute approximate surface area is 229 Å². The fourth-order valence-electron chi connectivity index (χ4n) is 4.88. The summed E-state index contributed by atoms with van der Waals surface area (Å²) in [6.07, 6.45) is 0. The third kappa shape index (κ3) is 4.45. The number of rotatable bonds is 8. The van der Waals surface area contributed by atoms with Crippen LogP contribution < -0.4 is 14.5 Å². The lowest BCUT2D eigenvalue weighted by Gasteiger charge is -2.28. The molecule has 1 aliphatic rings. The Hall–Kier alpha value is -4.04. The molecule has 1 amide bonds. The van der Waals surface area contributed by atoms with Crippen molar-refractivity contribution in [3.05, 3.63) is 99.9 Å². The molecule has 194 valence electrons. The van der Waals surface area contributed by atoms with Crippen LogP contribution in [0.15, 0.2) is 93.0 Å². The molecule has 5 rings (SSSR count). The van der Waals surface area contributed by atoms with Gasteiger partial charge in [0.2, 0.25) is 5.78 Å². The maximum absolute atomic E-state index is 13.8. The van der Waals surface area contributed by atoms with E-state index in [1.165, 1.54) is 4.90 Å². The number of halogens is 1. The van der Waals surface area contributed by atoms with Crippen LogP contribution in [0.3, 0.4) is 0 Å². The molecular formula is C30H27BrN2O5. The van der Waals surface area contributed by atoms with E-state index in [9.17, 15) is 14.7 Å². The number of ketones is 1. The normalized spacial score (nSPS) is 15.4. The third-order valence-corrected chi connectivity index (χ3v) is 7.34. The average Bonchev–Trinajstić information content (AvgIpc) is 3.47. The first-order chi connectivity index (χ1) is 18.4. The van der Waals surface area contributed by atoms with E-state index in [1.807, 2.05) is 36.4 Å². The Morgan fingerprint density at radius 2 is 1.71 bits per heavy atom. The van der Waals surface area contributed by atoms with Crippen molar-refractivity contribution in [2.75, 3.05) is 30.0 Å². The molecule has 38 heavy (non-hydrogen) atoms. The van der Waals surface area contributed by atoms with Crippen molar-refractivity contribution in [2.45, 2.75) is 19.9 Å². The number of furan rings is 1. The number of Topliss-reactive ketones (excluding diaryl/α,β-unsaturated/α-hetero) is 1. The summed E-state index contributed by atoms with van der Waals surface area (Å²) >= 11 is 3.43. The van der Waals surface area contributed by atoms with Gasteiger partial charge in [0.05, 0.1) is 18.7 Å². The van der Waals surface area contributed by atoms with E-state index in [4.69, 9.17) is 9.15 Å². The van der Waals surface area contributed by atoms with Crippen LogP contribution >= 0.6 is 15.9 Å². The Morgan fingerprint density at radius 3 is 2.34 bits per heavy atom. The molecule has 1 aromatic heterocycles. The molecular weight excluding hydrogens is 548 g/mol. The van der Waals surface area contributed by atoms with Crippen molar-refractivity contribution in [2.24, 2.45) is 0 Å². The number of benzene rings is 3. The predicted octanol–water partition coefficient (Wildman–Crippen LogP) is 6.83. The molecule has 1 aliphatic heterocycles. The summed E-state index contributed by atoms with van der Waals surface area (Å²) in [7, 11) is 1.57. The van der Waals surface area contributed by atoms with E-state index >= 15 is 0 Å². The summed E-state index contributed by atoms with van der Waals surface area (Å²) in [5, 5.41) is 11.8. The first-order valence-corrected chi connectivity index (χ1v) is 13.1. The smallest absolute Gasteiger partial charge is 0.294 e. The molecule has 8 heteroatoms. The van der Waals surface area contributed by atoms with E-state index in [2.05, 4.69) is 34.7 Å². The van der Waals surface area contributed by atoms with Crippen LogP contribution in [0.1, 0.15) is 36.0 Å². The van der Waals surface area contributed by atoms with Crippen LogP contribution in [0.4, 0.5) is 11.4 Å². The molecule has 0 spiro atoms. The van der Waals surface area contributed by atoms with Crippen LogP contribution in [0.2, 0.25) is 0 Å². The van der Waals surface area contributed by atoms with Gasteiger partial charge in [-0.2, -0.15) is 0 Å². The molecule has 3 aromatic carbocycles. The summed E-state index contributed by atoms with van der Waals surface area (Å²) < 4.78 is 12.0. The van der Waals surface area contributed by atoms with Crippen LogP contribution in [-0.2, 0) is 4.79 Å². The highest BCUT2D eigenvalue weighted by Crippen LogP contribution is 2.43. The van der Waals surface area contributed by atoms with Crippen LogP contribution in [0, 0.1) is 0 Å². The Kier molecular flexibility index (Phi) is 6.99. The molecule has 0 aliphatic carbocycles. The fourth-order valence-corrected chi connectivity index (χ4v) is 5.26. The number of carbonyl (C=O) groups excluding carboxylic acids is 2. The van der Waals surface area contributed by atoms with Gasteiger partial charge in [-0.15, -0.1) is 0 Å². The van der Waals surface area contributed by atoms with Gasteiger partial charge in [0.25, 0.3) is 5.91 Å². The van der Waals surface area contributed by atoms with Gasteiger partial charge in [0, 0.05) is 34.3 Å². The van der Waals surface area contributed by atoms with E-state index in [0.29, 0.717) is 22.6 Å². The summed E-state index contributed by atoms with van der Waals surface area (Å²) in [4.78, 5) is 31.0. The maximum atomic E-state index is 13.8. The predicted molar refractivity (Wildman–Crippen MR) is 151 cm³/mol. The zero-order valence-electron chi connectivity index (χ0n) is 21.3. The molecule has 7 nitrogen and oxygen atoms in total. The van der Waals surface area contributed by atoms with Crippen molar-refractivity contribution >= 4 is 50.0 Å². The van der Waals surface area contributed by atoms with Gasteiger partial charge in [-0.3, -0.25) is 14.5 Å². The Bertz CT molecular complexity index is 1540. The molecule has 1 N–H and O–H groups in total. The molecule has 4 aromatic rings. The largest absolute Gasteiger partial charge is 0.503 e. The molecule has 1 atom stereocenters. The van der Waals surface area contributed by atoms with Gasteiger partial charge in [-0.1, -0.05) is 28.1 Å². The minimum absolute atomic E-state index is 0.0360. The summed E-state index contributed by atoms with van der Waals surface area (Å²) in [5.74, 6) is -1.11. The number of carbonyl (C=O) groups is 2. The molecule has 1 unspecified atom stereocenters. The van der Waals surface area contributed by atoms with Gasteiger partial charge in [-0.25, -0.2) is 0 Å². The van der Waals surface area contributed by atoms with Crippen LogP contribution in [0.5, 0.6) is 5.75 Å². The topological polar surface area (TPSA) is 83.2 Å². The lowest BCUT2D eigenvalue weighted by Crippen LogP contribution is -2.31. The van der Waals surface area contributed by atoms with E-state index in [-0.39, 0.29) is 11.3 Å². The van der Waals surface area contributed by atoms with Gasteiger partial charge in [0.1, 0.15) is 11.3 Å². The fraction of sp³-hybridized carbons (Fsp3) is 0.200. The molecule has 0 radical (unpaired) electrons. The number of ether oxygens (including phenoxy) is 1. The Morgan fingerprint density at radius 1 is 1.03 bits per heavy atom. The first-order valence-electron chi connectivity index (χ1n) is 12.4. The standard InChI is InChI=1S/C30H27BrN2O5/c1-4-32(5-2)21-9-11-22(12-10-21)33-27(18-6-13-23(37-3)14-7-18)26(29(35)30(33)36)28(34)25-17-19-16-20(31)8-15-24(19)38-25/h6-17,27,35H,4-5H2,1-3H3. The number of anilines is 2. The van der Waals surface area contributed by atoms with Crippen molar-refractivity contribution in [3.8, 4) is 5.75 Å². The quantitative estimate of drug-likeness (QED) is 0.232. The second-order valence-electron chi connectivity index (χ2n) is 8.92. The molecule has 0 bridgehead atoms.